The lowest BCUT2D eigenvalue weighted by Gasteiger charge is -2.26. The minimum atomic E-state index is -0.453. The van der Waals surface area contributed by atoms with Gasteiger partial charge in [0.2, 0.25) is 0 Å². The van der Waals surface area contributed by atoms with E-state index in [0.29, 0.717) is 12.6 Å². The van der Waals surface area contributed by atoms with Gasteiger partial charge in [0.05, 0.1) is 6.61 Å². The summed E-state index contributed by atoms with van der Waals surface area (Å²) < 4.78 is 5.46. The molecule has 0 radical (unpaired) electrons. The molecule has 1 atom stereocenters. The highest BCUT2D eigenvalue weighted by atomic mass is 16.6. The van der Waals surface area contributed by atoms with Crippen LogP contribution in [0.2, 0.25) is 0 Å². The van der Waals surface area contributed by atoms with E-state index in [0.717, 1.165) is 37.1 Å². The normalized spacial score (nSPS) is 19.1. The van der Waals surface area contributed by atoms with Crippen molar-refractivity contribution in [3.63, 3.8) is 0 Å². The Labute approximate surface area is 138 Å². The van der Waals surface area contributed by atoms with Gasteiger partial charge in [-0.2, -0.15) is 0 Å². The first-order chi connectivity index (χ1) is 10.9. The molecule has 128 valence electrons. The number of likely N-dealkylation sites (tertiary alicyclic amines) is 1. The first-order valence-corrected chi connectivity index (χ1v) is 8.31. The Hall–Kier alpha value is -1.75. The van der Waals surface area contributed by atoms with E-state index in [4.69, 9.17) is 4.74 Å². The van der Waals surface area contributed by atoms with Crippen LogP contribution in [0, 0.1) is 0 Å². The number of carbonyl (C=O) groups excluding carboxylic acids is 1. The second-order valence-electron chi connectivity index (χ2n) is 7.10. The standard InChI is InChI=1S/C18H28N2O3/c1-18(2,3)23-17(22)20-10-5-8-15(9-11-20)19-16-7-4-6-14(12-16)13-21/h4,6-7,12,15,19,21H,5,8-11,13H2,1-3H3. The fourth-order valence-corrected chi connectivity index (χ4v) is 2.74. The van der Waals surface area contributed by atoms with Gasteiger partial charge in [0.15, 0.2) is 0 Å². The monoisotopic (exact) mass is 320 g/mol. The molecule has 0 aromatic heterocycles. The number of nitrogens with one attached hydrogen (secondary N) is 1. The van der Waals surface area contributed by atoms with Crippen LogP contribution < -0.4 is 5.32 Å². The fourth-order valence-electron chi connectivity index (χ4n) is 2.74. The van der Waals surface area contributed by atoms with E-state index in [9.17, 15) is 9.90 Å². The smallest absolute Gasteiger partial charge is 0.410 e. The van der Waals surface area contributed by atoms with Crippen LogP contribution in [0.5, 0.6) is 0 Å². The topological polar surface area (TPSA) is 61.8 Å². The van der Waals surface area contributed by atoms with Gasteiger partial charge in [0, 0.05) is 24.8 Å². The number of aliphatic hydroxyl groups excluding tert-OH is 1. The summed E-state index contributed by atoms with van der Waals surface area (Å²) in [4.78, 5) is 14.0. The molecule has 23 heavy (non-hydrogen) atoms. The van der Waals surface area contributed by atoms with Gasteiger partial charge in [-0.15, -0.1) is 0 Å². The molecule has 0 saturated carbocycles. The van der Waals surface area contributed by atoms with Crippen molar-refractivity contribution in [3.8, 4) is 0 Å². The molecule has 1 aliphatic rings. The zero-order chi connectivity index (χ0) is 16.9. The number of nitrogens with zero attached hydrogens (tertiary/aromatic N) is 1. The molecule has 1 fully saturated rings. The molecular weight excluding hydrogens is 292 g/mol. The van der Waals surface area contributed by atoms with Crippen molar-refractivity contribution < 1.29 is 14.6 Å². The number of benzene rings is 1. The maximum absolute atomic E-state index is 12.2. The lowest BCUT2D eigenvalue weighted by molar-refractivity contribution is 0.0256. The predicted octanol–water partition coefficient (Wildman–Crippen LogP) is 3.38. The lowest BCUT2D eigenvalue weighted by Crippen LogP contribution is -2.37. The maximum Gasteiger partial charge on any atom is 0.410 e. The van der Waals surface area contributed by atoms with Crippen LogP contribution in [0.1, 0.15) is 45.6 Å². The molecule has 0 bridgehead atoms. The second kappa shape index (κ2) is 7.68. The van der Waals surface area contributed by atoms with Crippen molar-refractivity contribution in [1.29, 1.82) is 0 Å². The zero-order valence-corrected chi connectivity index (χ0v) is 14.3. The van der Waals surface area contributed by atoms with E-state index >= 15 is 0 Å². The van der Waals surface area contributed by atoms with Crippen molar-refractivity contribution in [2.24, 2.45) is 0 Å². The number of carbonyl (C=O) groups is 1. The Balaban J connectivity index is 1.89. The molecule has 1 aliphatic heterocycles. The van der Waals surface area contributed by atoms with Crippen LogP contribution in [-0.4, -0.2) is 40.8 Å². The van der Waals surface area contributed by atoms with Gasteiger partial charge >= 0.3 is 6.09 Å². The number of anilines is 1. The molecule has 0 aliphatic carbocycles. The van der Waals surface area contributed by atoms with E-state index in [1.165, 1.54) is 0 Å². The summed E-state index contributed by atoms with van der Waals surface area (Å²) in [7, 11) is 0. The number of hydrogen-bond acceptors (Lipinski definition) is 4. The van der Waals surface area contributed by atoms with E-state index in [-0.39, 0.29) is 12.7 Å². The molecule has 1 unspecified atom stereocenters. The highest BCUT2D eigenvalue weighted by molar-refractivity contribution is 5.68. The number of aliphatic hydroxyl groups is 1. The van der Waals surface area contributed by atoms with E-state index in [1.54, 1.807) is 4.90 Å². The molecule has 1 aromatic rings. The van der Waals surface area contributed by atoms with Crippen LogP contribution in [0.15, 0.2) is 24.3 Å². The summed E-state index contributed by atoms with van der Waals surface area (Å²) in [5.74, 6) is 0. The van der Waals surface area contributed by atoms with Crippen LogP contribution in [0.4, 0.5) is 10.5 Å². The number of ether oxygens (including phenoxy) is 1. The van der Waals surface area contributed by atoms with Crippen LogP contribution in [0.3, 0.4) is 0 Å². The molecule has 2 N–H and O–H groups in total. The lowest BCUT2D eigenvalue weighted by atomic mass is 10.1. The summed E-state index contributed by atoms with van der Waals surface area (Å²) in [5, 5.41) is 12.7. The Bertz CT molecular complexity index is 525. The van der Waals surface area contributed by atoms with Gasteiger partial charge in [0.25, 0.3) is 0 Å². The molecular formula is C18H28N2O3. The molecule has 5 nitrogen and oxygen atoms in total. The quantitative estimate of drug-likeness (QED) is 0.896. The summed E-state index contributed by atoms with van der Waals surface area (Å²) in [5.41, 5.74) is 1.47. The van der Waals surface area contributed by atoms with E-state index in [1.807, 2.05) is 45.0 Å². The average molecular weight is 320 g/mol. The molecule has 1 saturated heterocycles. The Morgan fingerprint density at radius 3 is 2.83 bits per heavy atom. The molecule has 5 heteroatoms. The zero-order valence-electron chi connectivity index (χ0n) is 14.3. The Morgan fingerprint density at radius 1 is 1.35 bits per heavy atom. The third kappa shape index (κ3) is 5.75. The number of rotatable bonds is 3. The van der Waals surface area contributed by atoms with E-state index < -0.39 is 5.60 Å². The van der Waals surface area contributed by atoms with Crippen molar-refractivity contribution in [3.05, 3.63) is 29.8 Å². The van der Waals surface area contributed by atoms with Gasteiger partial charge in [-0.05, 0) is 57.7 Å². The fraction of sp³-hybridized carbons (Fsp3) is 0.611. The third-order valence-electron chi connectivity index (χ3n) is 3.86. The first-order valence-electron chi connectivity index (χ1n) is 8.31. The van der Waals surface area contributed by atoms with Crippen molar-refractivity contribution in [1.82, 2.24) is 4.90 Å². The first kappa shape index (κ1) is 17.6. The van der Waals surface area contributed by atoms with Crippen molar-refractivity contribution >= 4 is 11.8 Å². The average Bonchev–Trinajstić information content (AvgIpc) is 2.71. The molecule has 1 amide bonds. The summed E-state index contributed by atoms with van der Waals surface area (Å²) >= 11 is 0. The van der Waals surface area contributed by atoms with Gasteiger partial charge in [-0.25, -0.2) is 4.79 Å². The van der Waals surface area contributed by atoms with Crippen LogP contribution >= 0.6 is 0 Å². The third-order valence-corrected chi connectivity index (χ3v) is 3.86. The van der Waals surface area contributed by atoms with Crippen LogP contribution in [-0.2, 0) is 11.3 Å². The van der Waals surface area contributed by atoms with Crippen LogP contribution in [0.25, 0.3) is 0 Å². The Kier molecular flexibility index (Phi) is 5.88. The second-order valence-corrected chi connectivity index (χ2v) is 7.10. The summed E-state index contributed by atoms with van der Waals surface area (Å²) in [6.45, 7) is 7.16. The largest absolute Gasteiger partial charge is 0.444 e. The minimum Gasteiger partial charge on any atom is -0.444 e. The van der Waals surface area contributed by atoms with Gasteiger partial charge in [-0.3, -0.25) is 0 Å². The molecule has 1 heterocycles. The van der Waals surface area contributed by atoms with Gasteiger partial charge in [-0.1, -0.05) is 12.1 Å². The van der Waals surface area contributed by atoms with Crippen molar-refractivity contribution in [2.75, 3.05) is 18.4 Å². The Morgan fingerprint density at radius 2 is 2.13 bits per heavy atom. The molecule has 0 spiro atoms. The highest BCUT2D eigenvalue weighted by Gasteiger charge is 2.25. The number of amides is 1. The predicted molar refractivity (Wildman–Crippen MR) is 91.4 cm³/mol. The maximum atomic E-state index is 12.2. The minimum absolute atomic E-state index is 0.0482. The SMILES string of the molecule is CC(C)(C)OC(=O)N1CCCC(Nc2cccc(CO)c2)CC1. The summed E-state index contributed by atoms with van der Waals surface area (Å²) in [6, 6.07) is 8.16. The van der Waals surface area contributed by atoms with Crippen molar-refractivity contribution in [2.45, 2.75) is 58.3 Å². The molecule has 1 aromatic carbocycles. The van der Waals surface area contributed by atoms with Gasteiger partial charge in [0.1, 0.15) is 5.60 Å². The van der Waals surface area contributed by atoms with Gasteiger partial charge < -0.3 is 20.1 Å². The number of hydrogen-bond donors (Lipinski definition) is 2. The molecule has 2 rings (SSSR count). The van der Waals surface area contributed by atoms with E-state index in [2.05, 4.69) is 5.32 Å². The highest BCUT2D eigenvalue weighted by Crippen LogP contribution is 2.19. The summed E-state index contributed by atoms with van der Waals surface area (Å²) in [6.07, 6.45) is 2.64.